The Hall–Kier alpha value is -3.17. The molecule has 0 bridgehead atoms. The van der Waals surface area contributed by atoms with Crippen molar-refractivity contribution in [3.05, 3.63) is 59.4 Å². The van der Waals surface area contributed by atoms with Crippen LogP contribution in [0.5, 0.6) is 5.75 Å². The number of nitrogens with one attached hydrogen (secondary N) is 1. The SMILES string of the molecule is O=C1CN(S(=O)(=O)c2ccc(C(=O)Oc3ccc4oc5c(c4c3)CCCC5)cc2)CCN1. The third-order valence-corrected chi connectivity index (χ3v) is 7.73. The van der Waals surface area contributed by atoms with Gasteiger partial charge in [0.1, 0.15) is 17.1 Å². The fourth-order valence-corrected chi connectivity index (χ4v) is 5.60. The lowest BCUT2D eigenvalue weighted by Gasteiger charge is -2.25. The van der Waals surface area contributed by atoms with Crippen LogP contribution in [0.15, 0.2) is 51.8 Å². The minimum Gasteiger partial charge on any atom is -0.461 e. The molecule has 32 heavy (non-hydrogen) atoms. The molecule has 8 nitrogen and oxygen atoms in total. The van der Waals surface area contributed by atoms with Crippen LogP contribution in [0.4, 0.5) is 0 Å². The lowest BCUT2D eigenvalue weighted by atomic mass is 9.96. The van der Waals surface area contributed by atoms with Crippen molar-refractivity contribution in [1.29, 1.82) is 0 Å². The topological polar surface area (TPSA) is 106 Å². The van der Waals surface area contributed by atoms with Gasteiger partial charge in [-0.1, -0.05) is 0 Å². The third kappa shape index (κ3) is 3.78. The first kappa shape index (κ1) is 20.7. The summed E-state index contributed by atoms with van der Waals surface area (Å²) in [6.45, 7) is 0.261. The predicted molar refractivity (Wildman–Crippen MR) is 116 cm³/mol. The Morgan fingerprint density at radius 1 is 1.06 bits per heavy atom. The van der Waals surface area contributed by atoms with Gasteiger partial charge < -0.3 is 14.5 Å². The minimum absolute atomic E-state index is 0.0233. The Kier molecular flexibility index (Phi) is 5.22. The van der Waals surface area contributed by atoms with Gasteiger partial charge in [-0.3, -0.25) is 4.79 Å². The number of amides is 1. The van der Waals surface area contributed by atoms with Gasteiger partial charge in [-0.25, -0.2) is 13.2 Å². The summed E-state index contributed by atoms with van der Waals surface area (Å²) in [5.74, 6) is 0.504. The van der Waals surface area contributed by atoms with E-state index in [1.165, 1.54) is 29.8 Å². The smallest absolute Gasteiger partial charge is 0.343 e. The third-order valence-electron chi connectivity index (χ3n) is 5.87. The second kappa shape index (κ2) is 8.07. The standard InChI is InChI=1S/C23H22N2O6S/c26-22-14-25(12-11-24-22)32(28,29)17-8-5-15(6-9-17)23(27)30-16-7-10-21-19(13-16)18-3-1-2-4-20(18)31-21/h5-10,13H,1-4,11-12,14H2,(H,24,26). The number of aryl methyl sites for hydroxylation is 2. The first-order valence-corrected chi connectivity index (χ1v) is 12.0. The van der Waals surface area contributed by atoms with Crippen molar-refractivity contribution < 1.29 is 27.2 Å². The van der Waals surface area contributed by atoms with Crippen LogP contribution >= 0.6 is 0 Å². The van der Waals surface area contributed by atoms with Crippen LogP contribution in [0, 0.1) is 0 Å². The molecule has 1 aliphatic carbocycles. The van der Waals surface area contributed by atoms with Crippen molar-refractivity contribution in [1.82, 2.24) is 9.62 Å². The number of ether oxygens (including phenoxy) is 1. The van der Waals surface area contributed by atoms with Gasteiger partial charge in [-0.2, -0.15) is 4.31 Å². The number of carbonyl (C=O) groups excluding carboxylic acids is 2. The molecule has 2 aromatic carbocycles. The Bertz CT molecular complexity index is 1310. The molecule has 2 aliphatic rings. The van der Waals surface area contributed by atoms with Crippen molar-refractivity contribution in [3.63, 3.8) is 0 Å². The zero-order chi connectivity index (χ0) is 22.3. The second-order valence-corrected chi connectivity index (χ2v) is 9.91. The Balaban J connectivity index is 1.33. The van der Waals surface area contributed by atoms with Gasteiger partial charge in [0, 0.05) is 30.5 Å². The molecule has 5 rings (SSSR count). The number of sulfonamides is 1. The molecule has 166 valence electrons. The maximum absolute atomic E-state index is 12.7. The fraction of sp³-hybridized carbons (Fsp3) is 0.304. The average Bonchev–Trinajstić information content (AvgIpc) is 3.17. The summed E-state index contributed by atoms with van der Waals surface area (Å²) >= 11 is 0. The molecule has 1 saturated heterocycles. The molecule has 3 aromatic rings. The average molecular weight is 455 g/mol. The largest absolute Gasteiger partial charge is 0.461 e. The lowest BCUT2D eigenvalue weighted by molar-refractivity contribution is -0.122. The summed E-state index contributed by atoms with van der Waals surface area (Å²) in [7, 11) is -3.81. The summed E-state index contributed by atoms with van der Waals surface area (Å²) in [5, 5.41) is 3.57. The molecule has 1 fully saturated rings. The summed E-state index contributed by atoms with van der Waals surface area (Å²) in [6, 6.07) is 10.9. The van der Waals surface area contributed by atoms with E-state index in [0.717, 1.165) is 46.7 Å². The maximum Gasteiger partial charge on any atom is 0.343 e. The van der Waals surface area contributed by atoms with Gasteiger partial charge in [-0.05, 0) is 61.7 Å². The monoisotopic (exact) mass is 454 g/mol. The zero-order valence-electron chi connectivity index (χ0n) is 17.3. The van der Waals surface area contributed by atoms with Crippen LogP contribution in [0.2, 0.25) is 0 Å². The normalized spacial score (nSPS) is 17.1. The fourth-order valence-electron chi connectivity index (χ4n) is 4.20. The highest BCUT2D eigenvalue weighted by Crippen LogP contribution is 2.34. The van der Waals surface area contributed by atoms with Crippen LogP contribution in [-0.4, -0.2) is 44.2 Å². The molecule has 2 heterocycles. The quantitative estimate of drug-likeness (QED) is 0.480. The molecule has 9 heteroatoms. The zero-order valence-corrected chi connectivity index (χ0v) is 18.1. The number of hydrogen-bond donors (Lipinski definition) is 1. The first-order chi connectivity index (χ1) is 15.4. The van der Waals surface area contributed by atoms with Gasteiger partial charge in [0.2, 0.25) is 15.9 Å². The van der Waals surface area contributed by atoms with Gasteiger partial charge in [-0.15, -0.1) is 0 Å². The van der Waals surface area contributed by atoms with E-state index in [1.54, 1.807) is 12.1 Å². The van der Waals surface area contributed by atoms with Crippen LogP contribution in [0.1, 0.15) is 34.5 Å². The van der Waals surface area contributed by atoms with E-state index in [2.05, 4.69) is 5.32 Å². The molecule has 1 N–H and O–H groups in total. The van der Waals surface area contributed by atoms with E-state index in [9.17, 15) is 18.0 Å². The predicted octanol–water partition coefficient (Wildman–Crippen LogP) is 2.65. The van der Waals surface area contributed by atoms with Crippen LogP contribution < -0.4 is 10.1 Å². The molecular weight excluding hydrogens is 432 g/mol. The first-order valence-electron chi connectivity index (χ1n) is 10.6. The highest BCUT2D eigenvalue weighted by molar-refractivity contribution is 7.89. The van der Waals surface area contributed by atoms with Crippen LogP contribution in [0.25, 0.3) is 11.0 Å². The van der Waals surface area contributed by atoms with E-state index >= 15 is 0 Å². The van der Waals surface area contributed by atoms with Crippen LogP contribution in [-0.2, 0) is 27.7 Å². The second-order valence-electron chi connectivity index (χ2n) is 7.97. The van der Waals surface area contributed by atoms with Gasteiger partial charge in [0.05, 0.1) is 17.0 Å². The van der Waals surface area contributed by atoms with E-state index in [-0.39, 0.29) is 36.0 Å². The Morgan fingerprint density at radius 3 is 2.62 bits per heavy atom. The van der Waals surface area contributed by atoms with Crippen molar-refractivity contribution in [2.75, 3.05) is 19.6 Å². The van der Waals surface area contributed by atoms with E-state index in [4.69, 9.17) is 9.15 Å². The molecule has 0 radical (unpaired) electrons. The minimum atomic E-state index is -3.81. The van der Waals surface area contributed by atoms with Crippen molar-refractivity contribution in [2.45, 2.75) is 30.6 Å². The van der Waals surface area contributed by atoms with E-state index in [0.29, 0.717) is 5.75 Å². The van der Waals surface area contributed by atoms with E-state index < -0.39 is 16.0 Å². The number of esters is 1. The number of furan rings is 1. The molecule has 0 unspecified atom stereocenters. The maximum atomic E-state index is 12.7. The summed E-state index contributed by atoms with van der Waals surface area (Å²) < 4.78 is 38.1. The number of hydrogen-bond acceptors (Lipinski definition) is 6. The number of carbonyl (C=O) groups is 2. The van der Waals surface area contributed by atoms with Gasteiger partial charge in [0.25, 0.3) is 0 Å². The number of benzene rings is 2. The number of fused-ring (bicyclic) bond motifs is 3. The lowest BCUT2D eigenvalue weighted by Crippen LogP contribution is -2.49. The molecule has 0 atom stereocenters. The highest BCUT2D eigenvalue weighted by atomic mass is 32.2. The van der Waals surface area contributed by atoms with Gasteiger partial charge >= 0.3 is 5.97 Å². The highest BCUT2D eigenvalue weighted by Gasteiger charge is 2.29. The van der Waals surface area contributed by atoms with Crippen molar-refractivity contribution >= 4 is 32.9 Å². The molecule has 1 aromatic heterocycles. The number of piperazine rings is 1. The molecule has 0 spiro atoms. The number of rotatable bonds is 4. The number of nitrogens with zero attached hydrogens (tertiary/aromatic N) is 1. The van der Waals surface area contributed by atoms with E-state index in [1.807, 2.05) is 6.07 Å². The Morgan fingerprint density at radius 2 is 1.84 bits per heavy atom. The molecule has 1 aliphatic heterocycles. The van der Waals surface area contributed by atoms with Crippen LogP contribution in [0.3, 0.4) is 0 Å². The summed E-state index contributed by atoms with van der Waals surface area (Å²) in [6.07, 6.45) is 4.11. The Labute approximate surface area is 185 Å². The molecular formula is C23H22N2O6S. The summed E-state index contributed by atoms with van der Waals surface area (Å²) in [4.78, 5) is 24.2. The van der Waals surface area contributed by atoms with Crippen molar-refractivity contribution in [2.24, 2.45) is 0 Å². The summed E-state index contributed by atoms with van der Waals surface area (Å²) in [5.41, 5.74) is 2.21. The van der Waals surface area contributed by atoms with Gasteiger partial charge in [0.15, 0.2) is 0 Å². The van der Waals surface area contributed by atoms with Crippen molar-refractivity contribution in [3.8, 4) is 5.75 Å². The molecule has 1 amide bonds. The molecule has 0 saturated carbocycles.